The lowest BCUT2D eigenvalue weighted by Crippen LogP contribution is -2.30. The van der Waals surface area contributed by atoms with E-state index >= 15 is 0 Å². The molecule has 0 radical (unpaired) electrons. The van der Waals surface area contributed by atoms with Gasteiger partial charge in [-0.2, -0.15) is 0 Å². The van der Waals surface area contributed by atoms with Gasteiger partial charge in [0, 0.05) is 6.42 Å². The quantitative estimate of drug-likeness (QED) is 0.431. The van der Waals surface area contributed by atoms with Crippen LogP contribution in [0.3, 0.4) is 0 Å². The third kappa shape index (κ3) is 3.10. The van der Waals surface area contributed by atoms with Crippen molar-refractivity contribution in [2.24, 2.45) is 5.73 Å². The number of methoxy groups -OCH3 is 1. The van der Waals surface area contributed by atoms with Gasteiger partial charge < -0.3 is 10.5 Å². The molecule has 0 saturated heterocycles. The van der Waals surface area contributed by atoms with Gasteiger partial charge in [-0.05, 0) is 6.92 Å². The van der Waals surface area contributed by atoms with Gasteiger partial charge in [0.2, 0.25) is 0 Å². The fourth-order valence-corrected chi connectivity index (χ4v) is 0.447. The first-order valence-electron chi connectivity index (χ1n) is 2.95. The molecule has 0 rings (SSSR count). The van der Waals surface area contributed by atoms with Gasteiger partial charge in [0.1, 0.15) is 6.04 Å². The smallest absolute Gasteiger partial charge is 0.323 e. The van der Waals surface area contributed by atoms with E-state index in [0.29, 0.717) is 6.42 Å². The summed E-state index contributed by atoms with van der Waals surface area (Å²) in [5, 5.41) is 0. The predicted octanol–water partition coefficient (Wildman–Crippen LogP) is -0.0999. The molecule has 0 amide bonds. The topological polar surface area (TPSA) is 52.3 Å². The van der Waals surface area contributed by atoms with Gasteiger partial charge >= 0.3 is 5.97 Å². The molecule has 56 valence electrons. The van der Waals surface area contributed by atoms with Crippen molar-refractivity contribution in [3.8, 4) is 11.8 Å². The largest absolute Gasteiger partial charge is 0.468 e. The predicted molar refractivity (Wildman–Crippen MR) is 38.1 cm³/mol. The average Bonchev–Trinajstić information content (AvgIpc) is 1.98. The second kappa shape index (κ2) is 4.83. The summed E-state index contributed by atoms with van der Waals surface area (Å²) in [6.07, 6.45) is 0.364. The van der Waals surface area contributed by atoms with Gasteiger partial charge in [-0.25, -0.2) is 0 Å². The fraction of sp³-hybridized carbons (Fsp3) is 0.571. The van der Waals surface area contributed by atoms with Crippen molar-refractivity contribution in [2.45, 2.75) is 19.4 Å². The monoisotopic (exact) mass is 141 g/mol. The van der Waals surface area contributed by atoms with Crippen molar-refractivity contribution in [3.63, 3.8) is 0 Å². The minimum atomic E-state index is -0.600. The first kappa shape index (κ1) is 8.99. The van der Waals surface area contributed by atoms with E-state index in [0.717, 1.165) is 0 Å². The van der Waals surface area contributed by atoms with E-state index < -0.39 is 12.0 Å². The van der Waals surface area contributed by atoms with Crippen LogP contribution >= 0.6 is 0 Å². The summed E-state index contributed by atoms with van der Waals surface area (Å²) in [4.78, 5) is 10.6. The van der Waals surface area contributed by atoms with Crippen molar-refractivity contribution in [1.29, 1.82) is 0 Å². The van der Waals surface area contributed by atoms with Crippen molar-refractivity contribution < 1.29 is 9.53 Å². The maximum atomic E-state index is 10.6. The van der Waals surface area contributed by atoms with Crippen molar-refractivity contribution in [3.05, 3.63) is 0 Å². The lowest BCUT2D eigenvalue weighted by atomic mass is 10.2. The Morgan fingerprint density at radius 3 is 2.80 bits per heavy atom. The Morgan fingerprint density at radius 2 is 2.40 bits per heavy atom. The molecule has 1 atom stereocenters. The van der Waals surface area contributed by atoms with Crippen LogP contribution in [-0.4, -0.2) is 19.1 Å². The molecule has 0 heterocycles. The number of ether oxygens (including phenoxy) is 1. The van der Waals surface area contributed by atoms with E-state index in [1.165, 1.54) is 7.11 Å². The molecule has 0 aliphatic rings. The average molecular weight is 141 g/mol. The summed E-state index contributed by atoms with van der Waals surface area (Å²) >= 11 is 0. The molecule has 0 spiro atoms. The molecule has 0 aliphatic carbocycles. The van der Waals surface area contributed by atoms with Crippen LogP contribution in [0.15, 0.2) is 0 Å². The zero-order chi connectivity index (χ0) is 7.98. The molecule has 1 unspecified atom stereocenters. The molecule has 0 fully saturated rings. The molecule has 2 N–H and O–H groups in total. The van der Waals surface area contributed by atoms with E-state index in [2.05, 4.69) is 16.6 Å². The highest BCUT2D eigenvalue weighted by Crippen LogP contribution is 1.87. The van der Waals surface area contributed by atoms with Crippen LogP contribution in [0, 0.1) is 11.8 Å². The minimum absolute atomic E-state index is 0.364. The van der Waals surface area contributed by atoms with Crippen molar-refractivity contribution in [2.75, 3.05) is 7.11 Å². The third-order valence-electron chi connectivity index (χ3n) is 1.00. The van der Waals surface area contributed by atoms with E-state index in [-0.39, 0.29) is 0 Å². The van der Waals surface area contributed by atoms with Gasteiger partial charge in [0.25, 0.3) is 0 Å². The molecular formula is C7H11NO2. The van der Waals surface area contributed by atoms with E-state index in [4.69, 9.17) is 5.73 Å². The lowest BCUT2D eigenvalue weighted by Gasteiger charge is -2.02. The number of hydrogen-bond acceptors (Lipinski definition) is 3. The van der Waals surface area contributed by atoms with Gasteiger partial charge in [0.05, 0.1) is 7.11 Å². The summed E-state index contributed by atoms with van der Waals surface area (Å²) in [5.74, 6) is 4.91. The maximum Gasteiger partial charge on any atom is 0.323 e. The summed E-state index contributed by atoms with van der Waals surface area (Å²) < 4.78 is 4.38. The second-order valence-corrected chi connectivity index (χ2v) is 1.76. The normalized spacial score (nSPS) is 11.1. The van der Waals surface area contributed by atoms with Crippen LogP contribution in [0.1, 0.15) is 13.3 Å². The summed E-state index contributed by atoms with van der Waals surface area (Å²) in [6, 6.07) is -0.600. The highest BCUT2D eigenvalue weighted by atomic mass is 16.5. The highest BCUT2D eigenvalue weighted by molar-refractivity contribution is 5.75. The standard InChI is InChI=1S/C7H11NO2/c1-3-4-5-6(8)7(9)10-2/h6H,5,8H2,1-2H3. The van der Waals surface area contributed by atoms with Gasteiger partial charge in [-0.3, -0.25) is 4.79 Å². The number of hydrogen-bond donors (Lipinski definition) is 1. The molecule has 0 saturated carbocycles. The summed E-state index contributed by atoms with van der Waals surface area (Å²) in [5.41, 5.74) is 5.34. The Hall–Kier alpha value is -1.01. The highest BCUT2D eigenvalue weighted by Gasteiger charge is 2.10. The third-order valence-corrected chi connectivity index (χ3v) is 1.00. The molecule has 0 bridgehead atoms. The van der Waals surface area contributed by atoms with Gasteiger partial charge in [0.15, 0.2) is 0 Å². The van der Waals surface area contributed by atoms with Crippen LogP contribution in [0.25, 0.3) is 0 Å². The SMILES string of the molecule is CC#CCC(N)C(=O)OC. The molecule has 3 nitrogen and oxygen atoms in total. The number of nitrogens with two attached hydrogens (primary N) is 1. The Bertz CT molecular complexity index is 166. The van der Waals surface area contributed by atoms with E-state index in [1.54, 1.807) is 6.92 Å². The van der Waals surface area contributed by atoms with Gasteiger partial charge in [-0.15, -0.1) is 11.8 Å². The molecule has 0 aliphatic heterocycles. The van der Waals surface area contributed by atoms with E-state index in [1.807, 2.05) is 0 Å². The van der Waals surface area contributed by atoms with E-state index in [9.17, 15) is 4.79 Å². The molecule has 3 heteroatoms. The lowest BCUT2D eigenvalue weighted by molar-refractivity contribution is -0.142. The first-order valence-corrected chi connectivity index (χ1v) is 2.95. The number of esters is 1. The second-order valence-electron chi connectivity index (χ2n) is 1.76. The zero-order valence-electron chi connectivity index (χ0n) is 6.18. The molecule has 0 aromatic rings. The molecule has 10 heavy (non-hydrogen) atoms. The number of carbonyl (C=O) groups excluding carboxylic acids is 1. The van der Waals surface area contributed by atoms with Gasteiger partial charge in [-0.1, -0.05) is 0 Å². The maximum absolute atomic E-state index is 10.6. The Morgan fingerprint density at radius 1 is 1.80 bits per heavy atom. The van der Waals surface area contributed by atoms with Crippen molar-refractivity contribution >= 4 is 5.97 Å². The number of carbonyl (C=O) groups is 1. The minimum Gasteiger partial charge on any atom is -0.468 e. The zero-order valence-corrected chi connectivity index (χ0v) is 6.18. The summed E-state index contributed by atoms with van der Waals surface area (Å²) in [6.45, 7) is 1.70. The summed E-state index contributed by atoms with van der Waals surface area (Å²) in [7, 11) is 1.31. The van der Waals surface area contributed by atoms with Crippen LogP contribution in [0.2, 0.25) is 0 Å². The fourth-order valence-electron chi connectivity index (χ4n) is 0.447. The van der Waals surface area contributed by atoms with Crippen LogP contribution < -0.4 is 5.73 Å². The van der Waals surface area contributed by atoms with Crippen LogP contribution in [-0.2, 0) is 9.53 Å². The van der Waals surface area contributed by atoms with Crippen molar-refractivity contribution in [1.82, 2.24) is 0 Å². The van der Waals surface area contributed by atoms with Crippen LogP contribution in [0.5, 0.6) is 0 Å². The Balaban J connectivity index is 3.69. The molecular weight excluding hydrogens is 130 g/mol. The molecule has 0 aromatic heterocycles. The van der Waals surface area contributed by atoms with Crippen LogP contribution in [0.4, 0.5) is 0 Å². The Labute approximate surface area is 60.5 Å². The Kier molecular flexibility index (Phi) is 4.34. The first-order chi connectivity index (χ1) is 4.72. The number of rotatable bonds is 2. The molecule has 0 aromatic carbocycles.